The Kier molecular flexibility index (Phi) is 47.7. The van der Waals surface area contributed by atoms with Crippen LogP contribution in [0.3, 0.4) is 0 Å². The maximum atomic E-state index is 12.4. The van der Waals surface area contributed by atoms with Crippen LogP contribution in [0.4, 0.5) is 0 Å². The van der Waals surface area contributed by atoms with Crippen molar-refractivity contribution in [3.05, 3.63) is 48.6 Å². The van der Waals surface area contributed by atoms with Gasteiger partial charge in [0.2, 0.25) is 5.91 Å². The fourth-order valence-electron chi connectivity index (χ4n) is 7.59. The van der Waals surface area contributed by atoms with E-state index in [4.69, 9.17) is 4.74 Å². The second-order valence-corrected chi connectivity index (χ2v) is 17.5. The lowest BCUT2D eigenvalue weighted by molar-refractivity contribution is -0.143. The van der Waals surface area contributed by atoms with Crippen LogP contribution < -0.4 is 5.32 Å². The van der Waals surface area contributed by atoms with E-state index >= 15 is 0 Å². The van der Waals surface area contributed by atoms with Gasteiger partial charge in [-0.2, -0.15) is 0 Å². The molecule has 2 atom stereocenters. The van der Waals surface area contributed by atoms with Crippen molar-refractivity contribution in [3.8, 4) is 0 Å². The van der Waals surface area contributed by atoms with Crippen LogP contribution in [-0.2, 0) is 14.3 Å². The Morgan fingerprint density at radius 2 is 0.867 bits per heavy atom. The fraction of sp³-hybridized carbons (Fsp3) is 0.815. The number of rotatable bonds is 47. The van der Waals surface area contributed by atoms with Gasteiger partial charge in [-0.05, 0) is 70.6 Å². The molecule has 0 fully saturated rings. The highest BCUT2D eigenvalue weighted by molar-refractivity contribution is 5.76. The number of aliphatic hydroxyl groups is 2. The molecule has 0 saturated heterocycles. The normalized spacial score (nSPS) is 13.1. The third-order valence-corrected chi connectivity index (χ3v) is 11.6. The van der Waals surface area contributed by atoms with Gasteiger partial charge in [0.05, 0.1) is 25.4 Å². The quantitative estimate of drug-likeness (QED) is 0.0322. The number of hydrogen-bond acceptors (Lipinski definition) is 5. The molecule has 0 saturated carbocycles. The summed E-state index contributed by atoms with van der Waals surface area (Å²) in [7, 11) is 0. The van der Waals surface area contributed by atoms with E-state index in [9.17, 15) is 19.8 Å². The zero-order valence-electron chi connectivity index (χ0n) is 39.7. The highest BCUT2D eigenvalue weighted by atomic mass is 16.5. The van der Waals surface area contributed by atoms with E-state index in [1.54, 1.807) is 0 Å². The monoisotopic (exact) mass is 842 g/mol. The Morgan fingerprint density at radius 1 is 0.467 bits per heavy atom. The van der Waals surface area contributed by atoms with Crippen molar-refractivity contribution >= 4 is 11.9 Å². The summed E-state index contributed by atoms with van der Waals surface area (Å²) in [6.07, 6.45) is 60.9. The summed E-state index contributed by atoms with van der Waals surface area (Å²) in [4.78, 5) is 24.4. The van der Waals surface area contributed by atoms with Crippen LogP contribution in [-0.4, -0.2) is 47.4 Å². The smallest absolute Gasteiger partial charge is 0.305 e. The van der Waals surface area contributed by atoms with Crippen LogP contribution in [0.2, 0.25) is 0 Å². The van der Waals surface area contributed by atoms with E-state index < -0.39 is 12.1 Å². The number of aliphatic hydroxyl groups excluding tert-OH is 2. The molecule has 0 aliphatic rings. The average molecular weight is 842 g/mol. The molecule has 2 unspecified atom stereocenters. The lowest BCUT2D eigenvalue weighted by Gasteiger charge is -2.22. The van der Waals surface area contributed by atoms with Crippen molar-refractivity contribution in [1.82, 2.24) is 5.32 Å². The number of carbonyl (C=O) groups excluding carboxylic acids is 2. The first-order valence-electron chi connectivity index (χ1n) is 25.9. The van der Waals surface area contributed by atoms with Crippen LogP contribution in [0, 0.1) is 0 Å². The van der Waals surface area contributed by atoms with Gasteiger partial charge in [0.1, 0.15) is 0 Å². The number of esters is 1. The Bertz CT molecular complexity index is 1020. The summed E-state index contributed by atoms with van der Waals surface area (Å²) in [6.45, 7) is 4.83. The first-order chi connectivity index (χ1) is 29.5. The second-order valence-electron chi connectivity index (χ2n) is 17.5. The van der Waals surface area contributed by atoms with Crippen molar-refractivity contribution < 1.29 is 24.5 Å². The average Bonchev–Trinajstić information content (AvgIpc) is 3.25. The van der Waals surface area contributed by atoms with Crippen molar-refractivity contribution in [1.29, 1.82) is 0 Å². The van der Waals surface area contributed by atoms with Gasteiger partial charge >= 0.3 is 5.97 Å². The number of amides is 1. The molecule has 0 rings (SSSR count). The summed E-state index contributed by atoms with van der Waals surface area (Å²) in [5.74, 6) is -0.149. The van der Waals surface area contributed by atoms with Gasteiger partial charge in [-0.3, -0.25) is 9.59 Å². The van der Waals surface area contributed by atoms with Gasteiger partial charge in [-0.25, -0.2) is 0 Å². The first kappa shape index (κ1) is 57.8. The zero-order chi connectivity index (χ0) is 43.7. The molecule has 6 heteroatoms. The Balaban J connectivity index is 3.57. The molecule has 60 heavy (non-hydrogen) atoms. The van der Waals surface area contributed by atoms with Crippen LogP contribution in [0.15, 0.2) is 48.6 Å². The number of unbranched alkanes of at least 4 members (excludes halogenated alkanes) is 28. The molecule has 0 spiro atoms. The molecule has 1 amide bonds. The minimum absolute atomic E-state index is 0.0323. The summed E-state index contributed by atoms with van der Waals surface area (Å²) < 4.78 is 5.44. The molecule has 350 valence electrons. The Hall–Kier alpha value is -2.18. The molecular formula is C54H99NO5. The molecule has 0 heterocycles. The number of carbonyl (C=O) groups is 2. The summed E-state index contributed by atoms with van der Waals surface area (Å²) in [5, 5.41) is 23.2. The summed E-state index contributed by atoms with van der Waals surface area (Å²) >= 11 is 0. The zero-order valence-corrected chi connectivity index (χ0v) is 39.7. The molecule has 0 aromatic rings. The third-order valence-electron chi connectivity index (χ3n) is 11.6. The van der Waals surface area contributed by atoms with E-state index in [-0.39, 0.29) is 18.5 Å². The maximum absolute atomic E-state index is 12.4. The van der Waals surface area contributed by atoms with Crippen molar-refractivity contribution in [2.75, 3.05) is 13.2 Å². The van der Waals surface area contributed by atoms with Gasteiger partial charge in [-0.15, -0.1) is 0 Å². The predicted octanol–water partition coefficient (Wildman–Crippen LogP) is 15.5. The number of hydrogen-bond donors (Lipinski definition) is 3. The van der Waals surface area contributed by atoms with Gasteiger partial charge in [0.15, 0.2) is 0 Å². The Labute approximate surface area is 372 Å². The molecule has 0 aliphatic carbocycles. The molecular weight excluding hydrogens is 743 g/mol. The van der Waals surface area contributed by atoms with Crippen molar-refractivity contribution in [2.45, 2.75) is 270 Å². The van der Waals surface area contributed by atoms with E-state index in [0.29, 0.717) is 32.3 Å². The predicted molar refractivity (Wildman–Crippen MR) is 259 cm³/mol. The van der Waals surface area contributed by atoms with Gasteiger partial charge in [0, 0.05) is 12.8 Å². The van der Waals surface area contributed by atoms with Crippen molar-refractivity contribution in [3.63, 3.8) is 0 Å². The van der Waals surface area contributed by atoms with Crippen LogP contribution in [0.5, 0.6) is 0 Å². The number of nitrogens with one attached hydrogen (secondary N) is 1. The highest BCUT2D eigenvalue weighted by Crippen LogP contribution is 2.16. The lowest BCUT2D eigenvalue weighted by Crippen LogP contribution is -2.45. The largest absolute Gasteiger partial charge is 0.466 e. The summed E-state index contributed by atoms with van der Waals surface area (Å²) in [5.41, 5.74) is 0. The molecule has 0 aromatic carbocycles. The fourth-order valence-corrected chi connectivity index (χ4v) is 7.59. The SMILES string of the molecule is CCCC/C=C\C/C=C\CCCCCCCC(=O)OCCCCCCCC/C=C\C/C=C\CCC(=O)NC(CO)C(O)CCCCCCCCCCCCCCCCCC. The van der Waals surface area contributed by atoms with Crippen LogP contribution >= 0.6 is 0 Å². The van der Waals surface area contributed by atoms with Crippen molar-refractivity contribution in [2.24, 2.45) is 0 Å². The van der Waals surface area contributed by atoms with Gasteiger partial charge in [0.25, 0.3) is 0 Å². The minimum atomic E-state index is -0.700. The summed E-state index contributed by atoms with van der Waals surface area (Å²) in [6, 6.07) is -0.587. The first-order valence-corrected chi connectivity index (χ1v) is 25.9. The second kappa shape index (κ2) is 49.5. The van der Waals surface area contributed by atoms with Crippen LogP contribution in [0.25, 0.3) is 0 Å². The van der Waals surface area contributed by atoms with E-state index in [0.717, 1.165) is 64.2 Å². The topological polar surface area (TPSA) is 95.9 Å². The maximum Gasteiger partial charge on any atom is 0.305 e. The van der Waals surface area contributed by atoms with E-state index in [2.05, 4.69) is 61.7 Å². The third kappa shape index (κ3) is 45.3. The van der Waals surface area contributed by atoms with Crippen LogP contribution in [0.1, 0.15) is 258 Å². The standard InChI is InChI=1S/C54H99NO5/c1-3-5-7-9-11-13-15-17-19-20-22-26-30-34-38-42-46-52(57)51(50-56)55-53(58)47-43-39-35-31-27-23-21-25-29-33-37-41-45-49-60-54(59)48-44-40-36-32-28-24-18-16-14-12-10-8-6-4-2/h10,12,16,18,23,27,35,39,51-52,56-57H,3-9,11,13-15,17,19-22,24-26,28-34,36-38,40-50H2,1-2H3,(H,55,58)/b12-10-,18-16-,27-23-,39-35-. The van der Waals surface area contributed by atoms with Gasteiger partial charge in [-0.1, -0.05) is 223 Å². The molecule has 0 aromatic heterocycles. The molecule has 3 N–H and O–H groups in total. The highest BCUT2D eigenvalue weighted by Gasteiger charge is 2.19. The Morgan fingerprint density at radius 3 is 1.35 bits per heavy atom. The molecule has 0 aliphatic heterocycles. The number of ether oxygens (including phenoxy) is 1. The molecule has 0 radical (unpaired) electrons. The lowest BCUT2D eigenvalue weighted by atomic mass is 10.0. The van der Waals surface area contributed by atoms with Gasteiger partial charge < -0.3 is 20.3 Å². The number of allylic oxidation sites excluding steroid dienone is 8. The molecule has 0 bridgehead atoms. The molecule has 6 nitrogen and oxygen atoms in total. The minimum Gasteiger partial charge on any atom is -0.466 e. The van der Waals surface area contributed by atoms with E-state index in [1.165, 1.54) is 154 Å². The van der Waals surface area contributed by atoms with E-state index in [1.807, 2.05) is 6.08 Å².